The first kappa shape index (κ1) is 15.6. The second-order valence-corrected chi connectivity index (χ2v) is 5.45. The predicted octanol–water partition coefficient (Wildman–Crippen LogP) is 3.00. The van der Waals surface area contributed by atoms with Gasteiger partial charge in [-0.05, 0) is 23.6 Å². The van der Waals surface area contributed by atoms with Crippen LogP contribution in [0.3, 0.4) is 0 Å². The third-order valence-electron chi connectivity index (χ3n) is 2.90. The molecule has 0 aliphatic heterocycles. The number of hydrogen-bond donors (Lipinski definition) is 1. The molecule has 0 amide bonds. The molecule has 1 aromatic carbocycles. The highest BCUT2D eigenvalue weighted by Gasteiger charge is 2.17. The molecule has 1 atom stereocenters. The van der Waals surface area contributed by atoms with E-state index in [4.69, 9.17) is 5.11 Å². The summed E-state index contributed by atoms with van der Waals surface area (Å²) in [6.45, 7) is 7.89. The zero-order valence-electron chi connectivity index (χ0n) is 11.8. The summed E-state index contributed by atoms with van der Waals surface area (Å²) in [5.74, 6) is -0.980. The Hall–Kier alpha value is -1.42. The average molecular weight is 267 g/mol. The van der Waals surface area contributed by atoms with Gasteiger partial charge in [-0.25, -0.2) is 4.39 Å². The molecule has 0 radical (unpaired) electrons. The number of aliphatic carboxylic acids is 1. The number of nitrogens with zero attached hydrogens (tertiary/aromatic N) is 1. The highest BCUT2D eigenvalue weighted by atomic mass is 19.1. The van der Waals surface area contributed by atoms with E-state index in [0.717, 1.165) is 12.1 Å². The maximum absolute atomic E-state index is 12.9. The Kier molecular flexibility index (Phi) is 5.96. The van der Waals surface area contributed by atoms with Crippen molar-refractivity contribution in [3.63, 3.8) is 0 Å². The molecule has 0 bridgehead atoms. The SMILES string of the molecule is CC(C)CN(Cc1ccc(F)cc1)CC(C)C(=O)O. The van der Waals surface area contributed by atoms with Crippen LogP contribution in [0.15, 0.2) is 24.3 Å². The molecule has 1 aromatic rings. The summed E-state index contributed by atoms with van der Waals surface area (Å²) in [7, 11) is 0. The van der Waals surface area contributed by atoms with Crippen molar-refractivity contribution in [2.75, 3.05) is 13.1 Å². The summed E-state index contributed by atoms with van der Waals surface area (Å²) in [4.78, 5) is 13.0. The summed E-state index contributed by atoms with van der Waals surface area (Å²) in [5, 5.41) is 8.99. The Morgan fingerprint density at radius 3 is 2.26 bits per heavy atom. The van der Waals surface area contributed by atoms with Gasteiger partial charge in [0.25, 0.3) is 0 Å². The normalized spacial score (nSPS) is 12.9. The molecule has 4 heteroatoms. The maximum atomic E-state index is 12.9. The predicted molar refractivity (Wildman–Crippen MR) is 73.3 cm³/mol. The second-order valence-electron chi connectivity index (χ2n) is 5.45. The number of carboxylic acid groups (broad SMARTS) is 1. The topological polar surface area (TPSA) is 40.5 Å². The zero-order chi connectivity index (χ0) is 14.4. The highest BCUT2D eigenvalue weighted by Crippen LogP contribution is 2.11. The molecule has 0 saturated carbocycles. The molecular weight excluding hydrogens is 245 g/mol. The average Bonchev–Trinajstić information content (AvgIpc) is 2.31. The van der Waals surface area contributed by atoms with Crippen molar-refractivity contribution in [3.05, 3.63) is 35.6 Å². The van der Waals surface area contributed by atoms with Crippen LogP contribution >= 0.6 is 0 Å². The van der Waals surface area contributed by atoms with E-state index in [1.54, 1.807) is 19.1 Å². The first-order chi connectivity index (χ1) is 8.88. The molecule has 0 heterocycles. The van der Waals surface area contributed by atoms with Crippen LogP contribution in [-0.4, -0.2) is 29.1 Å². The minimum atomic E-state index is -0.784. The third kappa shape index (κ3) is 5.83. The van der Waals surface area contributed by atoms with E-state index < -0.39 is 11.9 Å². The summed E-state index contributed by atoms with van der Waals surface area (Å²) in [6.07, 6.45) is 0. The molecule has 1 N–H and O–H groups in total. The fraction of sp³-hybridized carbons (Fsp3) is 0.533. The van der Waals surface area contributed by atoms with Crippen LogP contribution in [0.25, 0.3) is 0 Å². The summed E-state index contributed by atoms with van der Waals surface area (Å²) >= 11 is 0. The van der Waals surface area contributed by atoms with E-state index in [-0.39, 0.29) is 5.82 Å². The number of carbonyl (C=O) groups is 1. The fourth-order valence-electron chi connectivity index (χ4n) is 2.03. The molecule has 0 spiro atoms. The summed E-state index contributed by atoms with van der Waals surface area (Å²) < 4.78 is 12.9. The maximum Gasteiger partial charge on any atom is 0.307 e. The van der Waals surface area contributed by atoms with Gasteiger partial charge in [-0.2, -0.15) is 0 Å². The van der Waals surface area contributed by atoms with E-state index in [2.05, 4.69) is 18.7 Å². The van der Waals surface area contributed by atoms with Gasteiger partial charge in [0.05, 0.1) is 5.92 Å². The molecule has 0 fully saturated rings. The van der Waals surface area contributed by atoms with Gasteiger partial charge in [0.2, 0.25) is 0 Å². The summed E-state index contributed by atoms with van der Waals surface area (Å²) in [6, 6.07) is 6.36. The molecule has 3 nitrogen and oxygen atoms in total. The highest BCUT2D eigenvalue weighted by molar-refractivity contribution is 5.69. The van der Waals surface area contributed by atoms with Crippen LogP contribution < -0.4 is 0 Å². The van der Waals surface area contributed by atoms with Crippen LogP contribution in [0.2, 0.25) is 0 Å². The van der Waals surface area contributed by atoms with E-state index in [9.17, 15) is 9.18 Å². The van der Waals surface area contributed by atoms with Crippen LogP contribution in [0.1, 0.15) is 26.3 Å². The minimum absolute atomic E-state index is 0.252. The first-order valence-corrected chi connectivity index (χ1v) is 6.58. The van der Waals surface area contributed by atoms with Crippen LogP contribution in [0.4, 0.5) is 4.39 Å². The Morgan fingerprint density at radius 1 is 1.21 bits per heavy atom. The lowest BCUT2D eigenvalue weighted by Gasteiger charge is -2.26. The minimum Gasteiger partial charge on any atom is -0.481 e. The molecule has 0 saturated heterocycles. The Morgan fingerprint density at radius 2 is 1.79 bits per heavy atom. The van der Waals surface area contributed by atoms with Crippen LogP contribution in [0.5, 0.6) is 0 Å². The Balaban J connectivity index is 2.68. The number of hydrogen-bond acceptors (Lipinski definition) is 2. The zero-order valence-corrected chi connectivity index (χ0v) is 11.8. The van der Waals surface area contributed by atoms with Gasteiger partial charge in [0.15, 0.2) is 0 Å². The smallest absolute Gasteiger partial charge is 0.307 e. The molecule has 1 rings (SSSR count). The van der Waals surface area contributed by atoms with E-state index in [0.29, 0.717) is 19.0 Å². The fourth-order valence-corrected chi connectivity index (χ4v) is 2.03. The lowest BCUT2D eigenvalue weighted by atomic mass is 10.1. The Labute approximate surface area is 114 Å². The lowest BCUT2D eigenvalue weighted by molar-refractivity contribution is -0.141. The summed E-state index contributed by atoms with van der Waals surface area (Å²) in [5.41, 5.74) is 1.000. The van der Waals surface area contributed by atoms with Crippen LogP contribution in [0, 0.1) is 17.7 Å². The van der Waals surface area contributed by atoms with Gasteiger partial charge < -0.3 is 5.11 Å². The quantitative estimate of drug-likeness (QED) is 0.825. The molecule has 0 aromatic heterocycles. The third-order valence-corrected chi connectivity index (χ3v) is 2.90. The van der Waals surface area contributed by atoms with E-state index in [1.807, 2.05) is 0 Å². The second kappa shape index (κ2) is 7.24. The standard InChI is InChI=1S/C15H22FNO2/c1-11(2)8-17(9-12(3)15(18)19)10-13-4-6-14(16)7-5-13/h4-7,11-12H,8-10H2,1-3H3,(H,18,19). The molecule has 106 valence electrons. The number of benzene rings is 1. The molecule has 1 unspecified atom stereocenters. The molecule has 0 aliphatic rings. The van der Waals surface area contributed by atoms with Gasteiger partial charge in [-0.15, -0.1) is 0 Å². The van der Waals surface area contributed by atoms with Crippen molar-refractivity contribution < 1.29 is 14.3 Å². The Bertz CT molecular complexity index is 403. The largest absolute Gasteiger partial charge is 0.481 e. The van der Waals surface area contributed by atoms with Crippen molar-refractivity contribution >= 4 is 5.97 Å². The van der Waals surface area contributed by atoms with Crippen molar-refractivity contribution in [1.82, 2.24) is 4.90 Å². The van der Waals surface area contributed by atoms with Crippen molar-refractivity contribution in [2.24, 2.45) is 11.8 Å². The van der Waals surface area contributed by atoms with Gasteiger partial charge in [-0.1, -0.05) is 32.9 Å². The van der Waals surface area contributed by atoms with Gasteiger partial charge >= 0.3 is 5.97 Å². The monoisotopic (exact) mass is 267 g/mol. The lowest BCUT2D eigenvalue weighted by Crippen LogP contribution is -2.34. The molecule has 0 aliphatic carbocycles. The molecular formula is C15H22FNO2. The number of halogens is 1. The van der Waals surface area contributed by atoms with E-state index in [1.165, 1.54) is 12.1 Å². The number of carboxylic acids is 1. The van der Waals surface area contributed by atoms with Crippen molar-refractivity contribution in [3.8, 4) is 0 Å². The van der Waals surface area contributed by atoms with Gasteiger partial charge in [0.1, 0.15) is 5.82 Å². The van der Waals surface area contributed by atoms with Crippen molar-refractivity contribution in [1.29, 1.82) is 0 Å². The van der Waals surface area contributed by atoms with Gasteiger partial charge in [0, 0.05) is 19.6 Å². The first-order valence-electron chi connectivity index (χ1n) is 6.58. The van der Waals surface area contributed by atoms with Crippen molar-refractivity contribution in [2.45, 2.75) is 27.3 Å². The molecule has 19 heavy (non-hydrogen) atoms. The van der Waals surface area contributed by atoms with Gasteiger partial charge in [-0.3, -0.25) is 9.69 Å². The van der Waals surface area contributed by atoms with Crippen LogP contribution in [-0.2, 0) is 11.3 Å². The number of rotatable bonds is 7. The van der Waals surface area contributed by atoms with E-state index >= 15 is 0 Å².